The number of nitrogens with one attached hydrogen (secondary N) is 1. The minimum absolute atomic E-state index is 0. The van der Waals surface area contributed by atoms with E-state index in [1.165, 1.54) is 25.7 Å². The molecule has 0 aromatic heterocycles. The Labute approximate surface area is 81.7 Å². The van der Waals surface area contributed by atoms with Crippen LogP contribution in [0, 0.1) is 17.8 Å². The van der Waals surface area contributed by atoms with Gasteiger partial charge in [0.25, 0.3) is 0 Å². The summed E-state index contributed by atoms with van der Waals surface area (Å²) in [6, 6.07) is 0.755. The van der Waals surface area contributed by atoms with E-state index in [1.807, 2.05) is 0 Å². The van der Waals surface area contributed by atoms with Crippen molar-refractivity contribution >= 4 is 12.4 Å². The molecule has 2 aliphatic carbocycles. The second-order valence-electron chi connectivity index (χ2n) is 4.42. The third-order valence-corrected chi connectivity index (χ3v) is 3.89. The molecule has 0 aromatic carbocycles. The van der Waals surface area contributed by atoms with Crippen LogP contribution in [0.25, 0.3) is 0 Å². The van der Waals surface area contributed by atoms with Gasteiger partial charge in [0.15, 0.2) is 0 Å². The molecule has 2 fully saturated rings. The summed E-state index contributed by atoms with van der Waals surface area (Å²) in [7, 11) is 2.09. The first-order valence-electron chi connectivity index (χ1n) is 4.98. The van der Waals surface area contributed by atoms with Crippen LogP contribution in [0.3, 0.4) is 0 Å². The van der Waals surface area contributed by atoms with E-state index in [-0.39, 0.29) is 12.4 Å². The van der Waals surface area contributed by atoms with Crippen molar-refractivity contribution in [2.75, 3.05) is 7.05 Å². The molecule has 72 valence electrons. The highest BCUT2D eigenvalue weighted by molar-refractivity contribution is 5.85. The molecule has 0 heterocycles. The Morgan fingerprint density at radius 1 is 1.25 bits per heavy atom. The molecule has 4 unspecified atom stereocenters. The number of rotatable bonds is 2. The highest BCUT2D eigenvalue weighted by Gasteiger charge is 2.41. The van der Waals surface area contributed by atoms with Gasteiger partial charge in [-0.15, -0.1) is 12.4 Å². The quantitative estimate of drug-likeness (QED) is 0.704. The number of fused-ring (bicyclic) bond motifs is 2. The summed E-state index contributed by atoms with van der Waals surface area (Å²) < 4.78 is 0. The summed E-state index contributed by atoms with van der Waals surface area (Å²) in [6.07, 6.45) is 6.09. The zero-order valence-electron chi connectivity index (χ0n) is 8.05. The van der Waals surface area contributed by atoms with Gasteiger partial charge in [-0.2, -0.15) is 0 Å². The van der Waals surface area contributed by atoms with Crippen molar-refractivity contribution in [3.63, 3.8) is 0 Å². The Bertz CT molecular complexity index is 149. The van der Waals surface area contributed by atoms with Crippen LogP contribution in [0.5, 0.6) is 0 Å². The van der Waals surface area contributed by atoms with E-state index in [1.54, 1.807) is 0 Å². The Morgan fingerprint density at radius 2 is 2.00 bits per heavy atom. The van der Waals surface area contributed by atoms with E-state index >= 15 is 0 Å². The minimum Gasteiger partial charge on any atom is -0.317 e. The molecule has 12 heavy (non-hydrogen) atoms. The number of hydrogen-bond donors (Lipinski definition) is 1. The van der Waals surface area contributed by atoms with Crippen LogP contribution >= 0.6 is 12.4 Å². The van der Waals surface area contributed by atoms with Crippen molar-refractivity contribution in [2.45, 2.75) is 38.6 Å². The van der Waals surface area contributed by atoms with Crippen LogP contribution in [0.1, 0.15) is 32.6 Å². The molecule has 4 atom stereocenters. The predicted molar refractivity (Wildman–Crippen MR) is 54.7 cm³/mol. The molecule has 0 aliphatic heterocycles. The number of hydrogen-bond acceptors (Lipinski definition) is 1. The molecule has 0 saturated heterocycles. The second kappa shape index (κ2) is 3.97. The lowest BCUT2D eigenvalue weighted by atomic mass is 9.84. The third-order valence-electron chi connectivity index (χ3n) is 3.89. The van der Waals surface area contributed by atoms with E-state index in [0.29, 0.717) is 0 Å². The van der Waals surface area contributed by atoms with Gasteiger partial charge in [0.1, 0.15) is 0 Å². The summed E-state index contributed by atoms with van der Waals surface area (Å²) >= 11 is 0. The maximum Gasteiger partial charge on any atom is 0.00667 e. The summed E-state index contributed by atoms with van der Waals surface area (Å²) in [5, 5.41) is 3.39. The molecule has 1 nitrogen and oxygen atoms in total. The molecule has 0 aromatic rings. The summed E-state index contributed by atoms with van der Waals surface area (Å²) in [5.41, 5.74) is 0. The molecule has 0 amide bonds. The highest BCUT2D eigenvalue weighted by Crippen LogP contribution is 2.49. The predicted octanol–water partition coefficient (Wildman–Crippen LogP) is 2.45. The van der Waals surface area contributed by atoms with Gasteiger partial charge < -0.3 is 5.32 Å². The normalized spacial score (nSPS) is 41.0. The molecule has 2 heteroatoms. The molecule has 2 rings (SSSR count). The average Bonchev–Trinajstić information content (AvgIpc) is 2.62. The van der Waals surface area contributed by atoms with Gasteiger partial charge >= 0.3 is 0 Å². The van der Waals surface area contributed by atoms with Gasteiger partial charge in [0, 0.05) is 6.04 Å². The maximum atomic E-state index is 3.39. The Balaban J connectivity index is 0.000000720. The van der Waals surface area contributed by atoms with Gasteiger partial charge in [-0.3, -0.25) is 0 Å². The SMILES string of the molecule is CNC(C)C1CC2CCC1C2.Cl. The molecule has 1 N–H and O–H groups in total. The van der Waals surface area contributed by atoms with Crippen molar-refractivity contribution in [3.8, 4) is 0 Å². The van der Waals surface area contributed by atoms with E-state index in [0.717, 1.165) is 23.8 Å². The molecule has 0 spiro atoms. The fourth-order valence-electron chi connectivity index (χ4n) is 3.12. The third kappa shape index (κ3) is 1.62. The molecular weight excluding hydrogens is 170 g/mol. The Morgan fingerprint density at radius 3 is 2.42 bits per heavy atom. The Hall–Kier alpha value is 0.250. The van der Waals surface area contributed by atoms with Gasteiger partial charge in [0.05, 0.1) is 0 Å². The number of halogens is 1. The zero-order chi connectivity index (χ0) is 7.84. The summed E-state index contributed by atoms with van der Waals surface area (Å²) in [5.74, 6) is 3.17. The van der Waals surface area contributed by atoms with Gasteiger partial charge in [-0.25, -0.2) is 0 Å². The second-order valence-corrected chi connectivity index (χ2v) is 4.42. The lowest BCUT2D eigenvalue weighted by molar-refractivity contribution is 0.269. The van der Waals surface area contributed by atoms with Crippen molar-refractivity contribution < 1.29 is 0 Å². The van der Waals surface area contributed by atoms with Crippen LogP contribution in [-0.4, -0.2) is 13.1 Å². The fourth-order valence-corrected chi connectivity index (χ4v) is 3.12. The van der Waals surface area contributed by atoms with Crippen molar-refractivity contribution in [1.29, 1.82) is 0 Å². The van der Waals surface area contributed by atoms with E-state index < -0.39 is 0 Å². The van der Waals surface area contributed by atoms with Gasteiger partial charge in [-0.05, 0) is 51.0 Å². The topological polar surface area (TPSA) is 12.0 Å². The average molecular weight is 190 g/mol. The van der Waals surface area contributed by atoms with Gasteiger partial charge in [0.2, 0.25) is 0 Å². The minimum atomic E-state index is 0. The highest BCUT2D eigenvalue weighted by atomic mass is 35.5. The standard InChI is InChI=1S/C10H19N.ClH/c1-7(11-2)10-6-8-3-4-9(10)5-8;/h7-11H,3-6H2,1-2H3;1H. The molecule has 2 saturated carbocycles. The summed E-state index contributed by atoms with van der Waals surface area (Å²) in [6.45, 7) is 2.34. The first-order valence-corrected chi connectivity index (χ1v) is 4.98. The van der Waals surface area contributed by atoms with Crippen LogP contribution in [-0.2, 0) is 0 Å². The van der Waals surface area contributed by atoms with E-state index in [4.69, 9.17) is 0 Å². The first kappa shape index (κ1) is 10.3. The monoisotopic (exact) mass is 189 g/mol. The Kier molecular flexibility index (Phi) is 3.42. The fraction of sp³-hybridized carbons (Fsp3) is 1.00. The lowest BCUT2D eigenvalue weighted by Crippen LogP contribution is -2.33. The molecule has 2 aliphatic rings. The summed E-state index contributed by atoms with van der Waals surface area (Å²) in [4.78, 5) is 0. The lowest BCUT2D eigenvalue weighted by Gasteiger charge is -2.27. The smallest absolute Gasteiger partial charge is 0.00667 e. The molecular formula is C10H20ClN. The maximum absolute atomic E-state index is 3.39. The zero-order valence-corrected chi connectivity index (χ0v) is 8.86. The van der Waals surface area contributed by atoms with Crippen molar-refractivity contribution in [2.24, 2.45) is 17.8 Å². The van der Waals surface area contributed by atoms with E-state index in [9.17, 15) is 0 Å². The molecule has 0 radical (unpaired) electrons. The first-order chi connectivity index (χ1) is 5.31. The van der Waals surface area contributed by atoms with Crippen LogP contribution in [0.4, 0.5) is 0 Å². The van der Waals surface area contributed by atoms with Gasteiger partial charge in [-0.1, -0.05) is 6.42 Å². The molecule has 2 bridgehead atoms. The van der Waals surface area contributed by atoms with E-state index in [2.05, 4.69) is 19.3 Å². The van der Waals surface area contributed by atoms with Crippen LogP contribution < -0.4 is 5.32 Å². The van der Waals surface area contributed by atoms with Crippen LogP contribution in [0.2, 0.25) is 0 Å². The van der Waals surface area contributed by atoms with Crippen LogP contribution in [0.15, 0.2) is 0 Å². The van der Waals surface area contributed by atoms with Crippen molar-refractivity contribution in [1.82, 2.24) is 5.32 Å². The largest absolute Gasteiger partial charge is 0.317 e. The van der Waals surface area contributed by atoms with Crippen molar-refractivity contribution in [3.05, 3.63) is 0 Å².